The molecule has 5 heteroatoms. The van der Waals surface area contributed by atoms with Gasteiger partial charge in [-0.25, -0.2) is 0 Å². The summed E-state index contributed by atoms with van der Waals surface area (Å²) in [5.74, 6) is 0. The summed E-state index contributed by atoms with van der Waals surface area (Å²) in [6.07, 6.45) is -3.52. The molecular weight excluding hydrogens is 361 g/mol. The molecule has 0 bridgehead atoms. The molecule has 0 aliphatic heterocycles. The molecule has 0 radical (unpaired) electrons. The van der Waals surface area contributed by atoms with Gasteiger partial charge in [-0.1, -0.05) is 50.9 Å². The molecule has 0 fully saturated rings. The highest BCUT2D eigenvalue weighted by molar-refractivity contribution is 9.09. The number of hydrogen-bond acceptors (Lipinski definition) is 0. The van der Waals surface area contributed by atoms with E-state index in [1.807, 2.05) is 0 Å². The van der Waals surface area contributed by atoms with Gasteiger partial charge in [0.15, 0.2) is 0 Å². The Hall–Kier alpha value is -0.0300. The second kappa shape index (κ2) is 5.74. The molecule has 17 heavy (non-hydrogen) atoms. The van der Waals surface area contributed by atoms with E-state index in [0.29, 0.717) is 0 Å². The third-order valence-electron chi connectivity index (χ3n) is 2.56. The average molecular weight is 374 g/mol. The number of hydrogen-bond donors (Lipinski definition) is 0. The smallest absolute Gasteiger partial charge is 0.166 e. The van der Waals surface area contributed by atoms with Crippen LogP contribution >= 0.6 is 31.9 Å². The molecule has 0 N–H and O–H groups in total. The standard InChI is InChI=1S/C12H13Br2F3/c1-11(7-13,8-14)6-9-2-4-10(5-3-9)12(15,16)17/h2-5H,6-8H2,1H3. The molecule has 0 aliphatic carbocycles. The van der Waals surface area contributed by atoms with Crippen molar-refractivity contribution in [3.05, 3.63) is 35.4 Å². The molecule has 0 heterocycles. The quantitative estimate of drug-likeness (QED) is 0.648. The van der Waals surface area contributed by atoms with Gasteiger partial charge in [-0.05, 0) is 29.5 Å². The fourth-order valence-corrected chi connectivity index (χ4v) is 2.76. The van der Waals surface area contributed by atoms with E-state index in [1.54, 1.807) is 12.1 Å². The number of halogens is 5. The molecule has 96 valence electrons. The Morgan fingerprint density at radius 2 is 1.47 bits per heavy atom. The Bertz CT molecular complexity index is 353. The molecule has 0 spiro atoms. The number of alkyl halides is 5. The van der Waals surface area contributed by atoms with Crippen LogP contribution in [0.2, 0.25) is 0 Å². The molecular formula is C12H13Br2F3. The SMILES string of the molecule is CC(CBr)(CBr)Cc1ccc(C(F)(F)F)cc1. The second-order valence-corrected chi connectivity index (χ2v) is 5.57. The van der Waals surface area contributed by atoms with E-state index >= 15 is 0 Å². The normalized spacial score (nSPS) is 12.8. The first kappa shape index (κ1) is 15.0. The highest BCUT2D eigenvalue weighted by Gasteiger charge is 2.30. The Morgan fingerprint density at radius 3 is 1.82 bits per heavy atom. The molecule has 0 atom stereocenters. The van der Waals surface area contributed by atoms with Gasteiger partial charge in [-0.2, -0.15) is 13.2 Å². The molecule has 0 aromatic heterocycles. The minimum atomic E-state index is -4.26. The van der Waals surface area contributed by atoms with Gasteiger partial charge < -0.3 is 0 Å². The van der Waals surface area contributed by atoms with Gasteiger partial charge >= 0.3 is 6.18 Å². The summed E-state index contributed by atoms with van der Waals surface area (Å²) in [7, 11) is 0. The summed E-state index contributed by atoms with van der Waals surface area (Å²) in [5.41, 5.74) is 0.333. The van der Waals surface area contributed by atoms with Crippen LogP contribution in [0.3, 0.4) is 0 Å². The Kier molecular flexibility index (Phi) is 5.07. The van der Waals surface area contributed by atoms with Gasteiger partial charge in [-0.3, -0.25) is 0 Å². The maximum absolute atomic E-state index is 12.4. The maximum Gasteiger partial charge on any atom is 0.416 e. The first-order valence-corrected chi connectivity index (χ1v) is 7.33. The minimum absolute atomic E-state index is 0.0136. The lowest BCUT2D eigenvalue weighted by Gasteiger charge is -2.24. The van der Waals surface area contributed by atoms with Crippen molar-refractivity contribution in [2.24, 2.45) is 5.41 Å². The minimum Gasteiger partial charge on any atom is -0.166 e. The van der Waals surface area contributed by atoms with Crippen LogP contribution in [0.1, 0.15) is 18.1 Å². The lowest BCUT2D eigenvalue weighted by atomic mass is 9.88. The van der Waals surface area contributed by atoms with Crippen molar-refractivity contribution in [3.63, 3.8) is 0 Å². The predicted octanol–water partition coefficient (Wildman–Crippen LogP) is 5.04. The van der Waals surface area contributed by atoms with Gasteiger partial charge in [0.05, 0.1) is 5.56 Å². The molecule has 0 unspecified atom stereocenters. The lowest BCUT2D eigenvalue weighted by molar-refractivity contribution is -0.137. The summed E-state index contributed by atoms with van der Waals surface area (Å²) in [4.78, 5) is 0. The van der Waals surface area contributed by atoms with Gasteiger partial charge in [0.25, 0.3) is 0 Å². The molecule has 0 saturated heterocycles. The van der Waals surface area contributed by atoms with E-state index in [0.717, 1.165) is 34.8 Å². The first-order chi connectivity index (χ1) is 7.80. The average Bonchev–Trinajstić information content (AvgIpc) is 2.28. The third-order valence-corrected chi connectivity index (χ3v) is 5.26. The zero-order valence-corrected chi connectivity index (χ0v) is 12.5. The van der Waals surface area contributed by atoms with E-state index in [4.69, 9.17) is 0 Å². The van der Waals surface area contributed by atoms with Gasteiger partial charge in [0, 0.05) is 10.7 Å². The largest absolute Gasteiger partial charge is 0.416 e. The zero-order chi connectivity index (χ0) is 13.1. The van der Waals surface area contributed by atoms with E-state index in [2.05, 4.69) is 38.8 Å². The van der Waals surface area contributed by atoms with Crippen molar-refractivity contribution in [1.82, 2.24) is 0 Å². The molecule has 0 amide bonds. The molecule has 0 saturated carbocycles. The van der Waals surface area contributed by atoms with E-state index in [1.165, 1.54) is 0 Å². The van der Waals surface area contributed by atoms with Crippen LogP contribution in [0.4, 0.5) is 13.2 Å². The van der Waals surface area contributed by atoms with Crippen molar-refractivity contribution in [2.75, 3.05) is 10.7 Å². The van der Waals surface area contributed by atoms with Crippen LogP contribution in [-0.4, -0.2) is 10.7 Å². The molecule has 1 aromatic carbocycles. The third kappa shape index (κ3) is 4.28. The van der Waals surface area contributed by atoms with E-state index in [-0.39, 0.29) is 5.41 Å². The Morgan fingerprint density at radius 1 is 1.00 bits per heavy atom. The van der Waals surface area contributed by atoms with Crippen LogP contribution in [0.25, 0.3) is 0 Å². The van der Waals surface area contributed by atoms with Crippen molar-refractivity contribution in [1.29, 1.82) is 0 Å². The molecule has 1 aromatic rings. The second-order valence-electron chi connectivity index (χ2n) is 4.45. The lowest BCUT2D eigenvalue weighted by Crippen LogP contribution is -2.23. The monoisotopic (exact) mass is 372 g/mol. The number of rotatable bonds is 4. The van der Waals surface area contributed by atoms with Crippen molar-refractivity contribution < 1.29 is 13.2 Å². The zero-order valence-electron chi connectivity index (χ0n) is 9.32. The van der Waals surface area contributed by atoms with Crippen molar-refractivity contribution in [2.45, 2.75) is 19.5 Å². The summed E-state index contributed by atoms with van der Waals surface area (Å²) < 4.78 is 37.1. The van der Waals surface area contributed by atoms with E-state index < -0.39 is 11.7 Å². The van der Waals surface area contributed by atoms with Crippen LogP contribution in [0, 0.1) is 5.41 Å². The van der Waals surface area contributed by atoms with Crippen LogP contribution in [0.5, 0.6) is 0 Å². The summed E-state index contributed by atoms with van der Waals surface area (Å²) in [5, 5.41) is 1.60. The molecule has 1 rings (SSSR count). The molecule has 0 aliphatic rings. The van der Waals surface area contributed by atoms with Gasteiger partial charge in [-0.15, -0.1) is 0 Å². The highest BCUT2D eigenvalue weighted by atomic mass is 79.9. The van der Waals surface area contributed by atoms with Crippen LogP contribution < -0.4 is 0 Å². The van der Waals surface area contributed by atoms with E-state index in [9.17, 15) is 13.2 Å². The van der Waals surface area contributed by atoms with Gasteiger partial charge in [0.1, 0.15) is 0 Å². The van der Waals surface area contributed by atoms with Crippen molar-refractivity contribution >= 4 is 31.9 Å². The van der Waals surface area contributed by atoms with Crippen LogP contribution in [-0.2, 0) is 12.6 Å². The molecule has 0 nitrogen and oxygen atoms in total. The predicted molar refractivity (Wildman–Crippen MR) is 70.8 cm³/mol. The topological polar surface area (TPSA) is 0 Å². The summed E-state index contributed by atoms with van der Waals surface area (Å²) in [6, 6.07) is 5.37. The Balaban J connectivity index is 2.82. The van der Waals surface area contributed by atoms with Gasteiger partial charge in [0.2, 0.25) is 0 Å². The first-order valence-electron chi connectivity index (χ1n) is 5.09. The highest BCUT2D eigenvalue weighted by Crippen LogP contribution is 2.31. The summed E-state index contributed by atoms with van der Waals surface area (Å²) in [6.45, 7) is 2.08. The summed E-state index contributed by atoms with van der Waals surface area (Å²) >= 11 is 6.85. The fraction of sp³-hybridized carbons (Fsp3) is 0.500. The number of benzene rings is 1. The Labute approximate surface area is 116 Å². The fourth-order valence-electron chi connectivity index (χ4n) is 1.43. The van der Waals surface area contributed by atoms with Crippen LogP contribution in [0.15, 0.2) is 24.3 Å². The maximum atomic E-state index is 12.4. The van der Waals surface area contributed by atoms with Crippen molar-refractivity contribution in [3.8, 4) is 0 Å².